The number of aliphatic carboxylic acids is 1. The van der Waals surface area contributed by atoms with Gasteiger partial charge in [-0.05, 0) is 49.8 Å². The van der Waals surface area contributed by atoms with E-state index in [9.17, 15) is 9.59 Å². The summed E-state index contributed by atoms with van der Waals surface area (Å²) in [7, 11) is 0. The van der Waals surface area contributed by atoms with Gasteiger partial charge in [-0.25, -0.2) is 0 Å². The SMILES string of the molecule is O=C(O)[C@@H]1CC[C@H](NC(=O)C2(c3cccc(Br)c3)CCCC2)C1. The Balaban J connectivity index is 1.76. The van der Waals surface area contributed by atoms with Crippen molar-refractivity contribution in [3.63, 3.8) is 0 Å². The van der Waals surface area contributed by atoms with Crippen molar-refractivity contribution in [2.24, 2.45) is 5.92 Å². The number of benzene rings is 1. The highest BCUT2D eigenvalue weighted by Gasteiger charge is 2.44. The fourth-order valence-electron chi connectivity index (χ4n) is 4.07. The van der Waals surface area contributed by atoms with Crippen LogP contribution in [0.1, 0.15) is 50.5 Å². The van der Waals surface area contributed by atoms with Gasteiger partial charge < -0.3 is 10.4 Å². The van der Waals surface area contributed by atoms with Crippen LogP contribution in [-0.2, 0) is 15.0 Å². The number of carboxylic acid groups (broad SMARTS) is 1. The lowest BCUT2D eigenvalue weighted by Gasteiger charge is -2.30. The molecule has 2 aliphatic rings. The first-order valence-electron chi connectivity index (χ1n) is 8.31. The number of carbonyl (C=O) groups is 2. The van der Waals surface area contributed by atoms with Gasteiger partial charge in [0, 0.05) is 10.5 Å². The van der Waals surface area contributed by atoms with E-state index in [0.29, 0.717) is 12.8 Å². The van der Waals surface area contributed by atoms with E-state index >= 15 is 0 Å². The molecule has 2 saturated carbocycles. The van der Waals surface area contributed by atoms with Gasteiger partial charge in [0.25, 0.3) is 0 Å². The smallest absolute Gasteiger partial charge is 0.306 e. The summed E-state index contributed by atoms with van der Waals surface area (Å²) in [5, 5.41) is 12.3. The number of rotatable bonds is 4. The molecule has 4 nitrogen and oxygen atoms in total. The van der Waals surface area contributed by atoms with Crippen LogP contribution in [0.2, 0.25) is 0 Å². The van der Waals surface area contributed by atoms with Gasteiger partial charge in [-0.1, -0.05) is 40.9 Å². The van der Waals surface area contributed by atoms with Crippen molar-refractivity contribution in [2.45, 2.75) is 56.4 Å². The first kappa shape index (κ1) is 16.5. The molecule has 0 aliphatic heterocycles. The Hall–Kier alpha value is -1.36. The standard InChI is InChI=1S/C18H22BrNO3/c19-14-5-3-4-13(11-14)18(8-1-2-9-18)17(23)20-15-7-6-12(10-15)16(21)22/h3-5,11-12,15H,1-2,6-10H2,(H,20,23)(H,21,22)/t12-,15+/m1/s1. The summed E-state index contributed by atoms with van der Waals surface area (Å²) in [4.78, 5) is 24.1. The Bertz CT molecular complexity index is 610. The number of halogens is 1. The number of carbonyl (C=O) groups excluding carboxylic acids is 1. The van der Waals surface area contributed by atoms with E-state index in [1.165, 1.54) is 0 Å². The van der Waals surface area contributed by atoms with Crippen LogP contribution in [0.15, 0.2) is 28.7 Å². The Labute approximate surface area is 144 Å². The average Bonchev–Trinajstić information content (AvgIpc) is 3.17. The van der Waals surface area contributed by atoms with Crippen molar-refractivity contribution < 1.29 is 14.7 Å². The molecule has 0 saturated heterocycles. The molecule has 124 valence electrons. The highest BCUT2D eigenvalue weighted by molar-refractivity contribution is 9.10. The molecular formula is C18H22BrNO3. The zero-order chi connectivity index (χ0) is 16.4. The maximum Gasteiger partial charge on any atom is 0.306 e. The average molecular weight is 380 g/mol. The fourth-order valence-corrected chi connectivity index (χ4v) is 4.47. The lowest BCUT2D eigenvalue weighted by molar-refractivity contribution is -0.141. The molecule has 23 heavy (non-hydrogen) atoms. The van der Waals surface area contributed by atoms with Gasteiger partial charge in [-0.3, -0.25) is 9.59 Å². The Kier molecular flexibility index (Phi) is 4.76. The predicted octanol–water partition coefficient (Wildman–Crippen LogP) is 3.63. The summed E-state index contributed by atoms with van der Waals surface area (Å²) in [6.45, 7) is 0. The van der Waals surface area contributed by atoms with Crippen LogP contribution in [0.5, 0.6) is 0 Å². The molecule has 0 bridgehead atoms. The Morgan fingerprint density at radius 1 is 1.22 bits per heavy atom. The fraction of sp³-hybridized carbons (Fsp3) is 0.556. The second-order valence-electron chi connectivity index (χ2n) is 6.82. The largest absolute Gasteiger partial charge is 0.481 e. The summed E-state index contributed by atoms with van der Waals surface area (Å²) in [5.41, 5.74) is 0.611. The van der Waals surface area contributed by atoms with Crippen molar-refractivity contribution >= 4 is 27.8 Å². The summed E-state index contributed by atoms with van der Waals surface area (Å²) < 4.78 is 0.987. The molecule has 2 fully saturated rings. The highest BCUT2D eigenvalue weighted by atomic mass is 79.9. The number of amides is 1. The predicted molar refractivity (Wildman–Crippen MR) is 91.2 cm³/mol. The van der Waals surface area contributed by atoms with E-state index in [-0.39, 0.29) is 17.9 Å². The molecule has 0 aromatic heterocycles. The van der Waals surface area contributed by atoms with Crippen molar-refractivity contribution in [1.82, 2.24) is 5.32 Å². The lowest BCUT2D eigenvalue weighted by atomic mass is 9.78. The van der Waals surface area contributed by atoms with Gasteiger partial charge in [0.1, 0.15) is 0 Å². The highest BCUT2D eigenvalue weighted by Crippen LogP contribution is 2.42. The van der Waals surface area contributed by atoms with Crippen molar-refractivity contribution in [3.05, 3.63) is 34.3 Å². The van der Waals surface area contributed by atoms with Gasteiger partial charge in [0.2, 0.25) is 5.91 Å². The topological polar surface area (TPSA) is 66.4 Å². The quantitative estimate of drug-likeness (QED) is 0.838. The van der Waals surface area contributed by atoms with E-state index in [4.69, 9.17) is 5.11 Å². The molecule has 1 amide bonds. The summed E-state index contributed by atoms with van der Waals surface area (Å²) in [6.07, 6.45) is 5.82. The minimum atomic E-state index is -0.746. The van der Waals surface area contributed by atoms with Crippen LogP contribution >= 0.6 is 15.9 Å². The summed E-state index contributed by atoms with van der Waals surface area (Å²) in [5.74, 6) is -0.987. The maximum atomic E-state index is 13.0. The van der Waals surface area contributed by atoms with Gasteiger partial charge in [0.05, 0.1) is 11.3 Å². The van der Waals surface area contributed by atoms with Crippen LogP contribution in [0.3, 0.4) is 0 Å². The van der Waals surface area contributed by atoms with Gasteiger partial charge in [-0.15, -0.1) is 0 Å². The molecule has 2 atom stereocenters. The molecule has 2 aliphatic carbocycles. The lowest BCUT2D eigenvalue weighted by Crippen LogP contribution is -2.46. The van der Waals surface area contributed by atoms with Crippen LogP contribution < -0.4 is 5.32 Å². The molecule has 0 spiro atoms. The van der Waals surface area contributed by atoms with Crippen molar-refractivity contribution in [3.8, 4) is 0 Å². The number of nitrogens with one attached hydrogen (secondary N) is 1. The zero-order valence-electron chi connectivity index (χ0n) is 13.1. The third-order valence-corrected chi connectivity index (χ3v) is 5.88. The normalized spacial score (nSPS) is 26.1. The number of hydrogen-bond acceptors (Lipinski definition) is 2. The van der Waals surface area contributed by atoms with Crippen LogP contribution in [0, 0.1) is 5.92 Å². The van der Waals surface area contributed by atoms with Crippen LogP contribution in [0.4, 0.5) is 0 Å². The third kappa shape index (κ3) is 3.30. The third-order valence-electron chi connectivity index (χ3n) is 5.39. The summed E-state index contributed by atoms with van der Waals surface area (Å²) >= 11 is 3.50. The first-order valence-corrected chi connectivity index (χ1v) is 9.10. The van der Waals surface area contributed by atoms with Gasteiger partial charge >= 0.3 is 5.97 Å². The second-order valence-corrected chi connectivity index (χ2v) is 7.73. The Morgan fingerprint density at radius 3 is 2.57 bits per heavy atom. The first-order chi connectivity index (χ1) is 11.0. The van der Waals surface area contributed by atoms with Gasteiger partial charge in [0.15, 0.2) is 0 Å². The minimum Gasteiger partial charge on any atom is -0.481 e. The second kappa shape index (κ2) is 6.63. The molecule has 0 unspecified atom stereocenters. The molecule has 5 heteroatoms. The van der Waals surface area contributed by atoms with E-state index in [2.05, 4.69) is 21.2 Å². The number of hydrogen-bond donors (Lipinski definition) is 2. The molecule has 1 aromatic carbocycles. The Morgan fingerprint density at radius 2 is 1.96 bits per heavy atom. The van der Waals surface area contributed by atoms with Crippen LogP contribution in [0.25, 0.3) is 0 Å². The maximum absolute atomic E-state index is 13.0. The zero-order valence-corrected chi connectivity index (χ0v) is 14.6. The van der Waals surface area contributed by atoms with Gasteiger partial charge in [-0.2, -0.15) is 0 Å². The van der Waals surface area contributed by atoms with E-state index in [0.717, 1.165) is 42.1 Å². The van der Waals surface area contributed by atoms with Crippen LogP contribution in [-0.4, -0.2) is 23.0 Å². The minimum absolute atomic E-state index is 0.00627. The molecule has 0 radical (unpaired) electrons. The number of carboxylic acids is 1. The molecular weight excluding hydrogens is 358 g/mol. The van der Waals surface area contributed by atoms with Crippen molar-refractivity contribution in [2.75, 3.05) is 0 Å². The molecule has 1 aromatic rings. The van der Waals surface area contributed by atoms with Crippen molar-refractivity contribution in [1.29, 1.82) is 0 Å². The molecule has 2 N–H and O–H groups in total. The monoisotopic (exact) mass is 379 g/mol. The van der Waals surface area contributed by atoms with E-state index < -0.39 is 11.4 Å². The molecule has 0 heterocycles. The van der Waals surface area contributed by atoms with E-state index in [1.807, 2.05) is 24.3 Å². The van der Waals surface area contributed by atoms with E-state index in [1.54, 1.807) is 0 Å². The molecule has 3 rings (SSSR count). The summed E-state index contributed by atoms with van der Waals surface area (Å²) in [6, 6.07) is 8.01.